The van der Waals surface area contributed by atoms with Gasteiger partial charge >= 0.3 is 0 Å². The van der Waals surface area contributed by atoms with Crippen LogP contribution in [0.1, 0.15) is 38.7 Å². The van der Waals surface area contributed by atoms with Crippen LogP contribution in [0.2, 0.25) is 0 Å². The molecule has 0 spiro atoms. The van der Waals surface area contributed by atoms with Crippen LogP contribution in [0.4, 0.5) is 0 Å². The summed E-state index contributed by atoms with van der Waals surface area (Å²) in [7, 11) is 1.64. The van der Waals surface area contributed by atoms with Crippen LogP contribution in [-0.2, 0) is 16.0 Å². The van der Waals surface area contributed by atoms with Crippen molar-refractivity contribution >= 4 is 11.8 Å². The van der Waals surface area contributed by atoms with Crippen LogP contribution in [0.15, 0.2) is 24.3 Å². The molecule has 2 rings (SSSR count). The Bertz CT molecular complexity index is 563. The molecule has 1 fully saturated rings. The van der Waals surface area contributed by atoms with E-state index in [1.54, 1.807) is 7.11 Å². The zero-order chi connectivity index (χ0) is 18.2. The molecule has 1 atom stereocenters. The number of methoxy groups -OCH3 is 1. The summed E-state index contributed by atoms with van der Waals surface area (Å²) in [5, 5.41) is 0. The zero-order valence-corrected chi connectivity index (χ0v) is 15.7. The van der Waals surface area contributed by atoms with Gasteiger partial charge in [-0.05, 0) is 30.5 Å². The van der Waals surface area contributed by atoms with E-state index in [1.165, 1.54) is 0 Å². The minimum atomic E-state index is 0.0855. The maximum Gasteiger partial charge on any atom is 0.225 e. The van der Waals surface area contributed by atoms with Gasteiger partial charge in [0.25, 0.3) is 0 Å². The van der Waals surface area contributed by atoms with Crippen LogP contribution in [0, 0.1) is 5.92 Å². The van der Waals surface area contributed by atoms with E-state index in [2.05, 4.69) is 6.92 Å². The minimum Gasteiger partial charge on any atom is -0.497 e. The molecule has 0 radical (unpaired) electrons. The Morgan fingerprint density at radius 2 is 1.68 bits per heavy atom. The SMILES string of the molecule is CCCC(C)C(=O)N1CCN(C(=O)CCc2ccc(OC)cc2)CC1. The maximum atomic E-state index is 12.4. The lowest BCUT2D eigenvalue weighted by molar-refractivity contribution is -0.141. The summed E-state index contributed by atoms with van der Waals surface area (Å²) in [5.74, 6) is 1.31. The van der Waals surface area contributed by atoms with Gasteiger partial charge in [0, 0.05) is 38.5 Å². The Morgan fingerprint density at radius 1 is 1.08 bits per heavy atom. The van der Waals surface area contributed by atoms with Gasteiger partial charge in [-0.3, -0.25) is 9.59 Å². The van der Waals surface area contributed by atoms with Crippen molar-refractivity contribution in [3.63, 3.8) is 0 Å². The summed E-state index contributed by atoms with van der Waals surface area (Å²) in [6, 6.07) is 7.83. The molecule has 5 heteroatoms. The molecule has 1 aromatic carbocycles. The second-order valence-electron chi connectivity index (χ2n) is 6.74. The number of carbonyl (C=O) groups excluding carboxylic acids is 2. The average Bonchev–Trinajstić information content (AvgIpc) is 2.66. The van der Waals surface area contributed by atoms with E-state index in [-0.39, 0.29) is 17.7 Å². The number of hydrogen-bond acceptors (Lipinski definition) is 3. The number of hydrogen-bond donors (Lipinski definition) is 0. The highest BCUT2D eigenvalue weighted by molar-refractivity contribution is 5.80. The van der Waals surface area contributed by atoms with Gasteiger partial charge in [-0.1, -0.05) is 32.4 Å². The van der Waals surface area contributed by atoms with Gasteiger partial charge in [0.15, 0.2) is 0 Å². The molecule has 1 unspecified atom stereocenters. The summed E-state index contributed by atoms with van der Waals surface area (Å²) in [6.07, 6.45) is 3.19. The normalized spacial score (nSPS) is 15.8. The Balaban J connectivity index is 1.76. The first-order valence-corrected chi connectivity index (χ1v) is 9.24. The molecule has 1 aliphatic heterocycles. The van der Waals surface area contributed by atoms with Crippen LogP contribution < -0.4 is 4.74 Å². The molecule has 1 aromatic rings. The van der Waals surface area contributed by atoms with Gasteiger partial charge in [0.2, 0.25) is 11.8 Å². The highest BCUT2D eigenvalue weighted by atomic mass is 16.5. The van der Waals surface area contributed by atoms with Crippen molar-refractivity contribution in [1.82, 2.24) is 9.80 Å². The second-order valence-corrected chi connectivity index (χ2v) is 6.74. The van der Waals surface area contributed by atoms with Gasteiger partial charge in [-0.15, -0.1) is 0 Å². The van der Waals surface area contributed by atoms with Crippen LogP contribution in [0.5, 0.6) is 5.75 Å². The summed E-state index contributed by atoms with van der Waals surface area (Å²) < 4.78 is 5.14. The first-order chi connectivity index (χ1) is 12.0. The van der Waals surface area contributed by atoms with Crippen molar-refractivity contribution in [2.45, 2.75) is 39.5 Å². The summed E-state index contributed by atoms with van der Waals surface area (Å²) in [4.78, 5) is 28.5. The molecule has 25 heavy (non-hydrogen) atoms. The van der Waals surface area contributed by atoms with Crippen LogP contribution in [-0.4, -0.2) is 54.9 Å². The van der Waals surface area contributed by atoms with E-state index >= 15 is 0 Å². The monoisotopic (exact) mass is 346 g/mol. The summed E-state index contributed by atoms with van der Waals surface area (Å²) in [5.41, 5.74) is 1.14. The fourth-order valence-corrected chi connectivity index (χ4v) is 3.25. The van der Waals surface area contributed by atoms with Crippen molar-refractivity contribution in [2.75, 3.05) is 33.3 Å². The topological polar surface area (TPSA) is 49.9 Å². The van der Waals surface area contributed by atoms with Crippen molar-refractivity contribution in [1.29, 1.82) is 0 Å². The molecule has 1 saturated heterocycles. The van der Waals surface area contributed by atoms with E-state index in [0.29, 0.717) is 32.6 Å². The molecule has 1 aliphatic rings. The number of rotatable bonds is 7. The van der Waals surface area contributed by atoms with E-state index in [0.717, 1.165) is 30.6 Å². The lowest BCUT2D eigenvalue weighted by Gasteiger charge is -2.36. The quantitative estimate of drug-likeness (QED) is 0.763. The number of benzene rings is 1. The fourth-order valence-electron chi connectivity index (χ4n) is 3.25. The fraction of sp³-hybridized carbons (Fsp3) is 0.600. The third-order valence-corrected chi connectivity index (χ3v) is 4.87. The predicted molar refractivity (Wildman–Crippen MR) is 98.5 cm³/mol. The van der Waals surface area contributed by atoms with Gasteiger partial charge in [-0.2, -0.15) is 0 Å². The first kappa shape index (κ1) is 19.3. The molecule has 0 N–H and O–H groups in total. The third-order valence-electron chi connectivity index (χ3n) is 4.87. The molecule has 0 aliphatic carbocycles. The zero-order valence-electron chi connectivity index (χ0n) is 15.7. The molecule has 0 saturated carbocycles. The minimum absolute atomic E-state index is 0.0855. The Labute approximate surface area is 150 Å². The molecule has 1 heterocycles. The summed E-state index contributed by atoms with van der Waals surface area (Å²) in [6.45, 7) is 6.70. The number of piperazine rings is 1. The molecular formula is C20H30N2O3. The van der Waals surface area contributed by atoms with Crippen LogP contribution in [0.3, 0.4) is 0 Å². The van der Waals surface area contributed by atoms with E-state index in [9.17, 15) is 9.59 Å². The van der Waals surface area contributed by atoms with Crippen molar-refractivity contribution in [3.8, 4) is 5.75 Å². The van der Waals surface area contributed by atoms with Gasteiger partial charge < -0.3 is 14.5 Å². The number of aryl methyl sites for hydroxylation is 1. The summed E-state index contributed by atoms with van der Waals surface area (Å²) >= 11 is 0. The Kier molecular flexibility index (Phi) is 7.29. The molecule has 0 aromatic heterocycles. The number of nitrogens with zero attached hydrogens (tertiary/aromatic N) is 2. The van der Waals surface area contributed by atoms with E-state index in [1.807, 2.05) is 41.0 Å². The van der Waals surface area contributed by atoms with Crippen LogP contribution in [0.25, 0.3) is 0 Å². The molecular weight excluding hydrogens is 316 g/mol. The van der Waals surface area contributed by atoms with E-state index in [4.69, 9.17) is 4.74 Å². The second kappa shape index (κ2) is 9.44. The largest absolute Gasteiger partial charge is 0.497 e. The Morgan fingerprint density at radius 3 is 2.24 bits per heavy atom. The Hall–Kier alpha value is -2.04. The van der Waals surface area contributed by atoms with Crippen molar-refractivity contribution < 1.29 is 14.3 Å². The highest BCUT2D eigenvalue weighted by Crippen LogP contribution is 2.15. The molecule has 5 nitrogen and oxygen atoms in total. The molecule has 2 amide bonds. The molecule has 0 bridgehead atoms. The first-order valence-electron chi connectivity index (χ1n) is 9.24. The lowest BCUT2D eigenvalue weighted by atomic mass is 10.0. The lowest BCUT2D eigenvalue weighted by Crippen LogP contribution is -2.51. The standard InChI is InChI=1S/C20H30N2O3/c1-4-5-16(2)20(24)22-14-12-21(13-15-22)19(23)11-8-17-6-9-18(25-3)10-7-17/h6-7,9-10,16H,4-5,8,11-15H2,1-3H3. The average molecular weight is 346 g/mol. The van der Waals surface area contributed by atoms with Crippen molar-refractivity contribution in [2.24, 2.45) is 5.92 Å². The van der Waals surface area contributed by atoms with Gasteiger partial charge in [-0.25, -0.2) is 0 Å². The van der Waals surface area contributed by atoms with Crippen molar-refractivity contribution in [3.05, 3.63) is 29.8 Å². The van der Waals surface area contributed by atoms with Gasteiger partial charge in [0.1, 0.15) is 5.75 Å². The van der Waals surface area contributed by atoms with Gasteiger partial charge in [0.05, 0.1) is 7.11 Å². The highest BCUT2D eigenvalue weighted by Gasteiger charge is 2.26. The number of ether oxygens (including phenoxy) is 1. The smallest absolute Gasteiger partial charge is 0.225 e. The number of carbonyl (C=O) groups is 2. The maximum absolute atomic E-state index is 12.4. The molecule has 138 valence electrons. The third kappa shape index (κ3) is 5.48. The predicted octanol–water partition coefficient (Wildman–Crippen LogP) is 2.73. The number of amides is 2. The van der Waals surface area contributed by atoms with E-state index < -0.39 is 0 Å². The van der Waals surface area contributed by atoms with Crippen LogP contribution >= 0.6 is 0 Å².